The number of nitrogens with two attached hydrogens (primary N) is 1. The smallest absolute Gasteiger partial charge is 0.252 e. The van der Waals surface area contributed by atoms with Crippen LogP contribution < -0.4 is 5.73 Å². The second-order valence-corrected chi connectivity index (χ2v) is 3.33. The minimum atomic E-state index is -0.440. The first-order valence-corrected chi connectivity index (χ1v) is 4.34. The van der Waals surface area contributed by atoms with Gasteiger partial charge in [-0.05, 0) is 26.0 Å². The van der Waals surface area contributed by atoms with E-state index in [1.807, 2.05) is 24.3 Å². The molecule has 0 atom stereocenters. The summed E-state index contributed by atoms with van der Waals surface area (Å²) in [6.07, 6.45) is 1.80. The van der Waals surface area contributed by atoms with Gasteiger partial charge in [0.15, 0.2) is 0 Å². The van der Waals surface area contributed by atoms with Crippen LogP contribution in [0.5, 0.6) is 0 Å². The average Bonchev–Trinajstić information content (AvgIpc) is 2.47. The van der Waals surface area contributed by atoms with Crippen LogP contribution in [-0.2, 0) is 0 Å². The van der Waals surface area contributed by atoms with E-state index in [-0.39, 0.29) is 1.43 Å². The van der Waals surface area contributed by atoms with Crippen LogP contribution in [0, 0.1) is 13.8 Å². The summed E-state index contributed by atoms with van der Waals surface area (Å²) in [7, 11) is 0. The van der Waals surface area contributed by atoms with Crippen molar-refractivity contribution in [2.75, 3.05) is 0 Å². The number of fused-ring (bicyclic) bond motifs is 1. The van der Waals surface area contributed by atoms with Gasteiger partial charge in [0.1, 0.15) is 5.65 Å². The van der Waals surface area contributed by atoms with E-state index >= 15 is 0 Å². The summed E-state index contributed by atoms with van der Waals surface area (Å²) >= 11 is 0. The zero-order valence-corrected chi connectivity index (χ0v) is 8.11. The molecule has 4 heteroatoms. The van der Waals surface area contributed by atoms with Crippen molar-refractivity contribution in [3.8, 4) is 0 Å². The number of nitrogens with zero attached hydrogens (tertiary/aromatic N) is 2. The van der Waals surface area contributed by atoms with E-state index in [4.69, 9.17) is 5.73 Å². The van der Waals surface area contributed by atoms with E-state index in [0.717, 1.165) is 11.4 Å². The predicted octanol–water partition coefficient (Wildman–Crippen LogP) is 1.30. The summed E-state index contributed by atoms with van der Waals surface area (Å²) in [6.45, 7) is 3.86. The summed E-state index contributed by atoms with van der Waals surface area (Å²) in [4.78, 5) is 15.3. The van der Waals surface area contributed by atoms with Gasteiger partial charge in [0.2, 0.25) is 0 Å². The molecule has 0 aliphatic heterocycles. The van der Waals surface area contributed by atoms with Crippen LogP contribution in [0.4, 0.5) is 0 Å². The third kappa shape index (κ3) is 1.16. The number of aryl methyl sites for hydroxylation is 2. The van der Waals surface area contributed by atoms with Crippen molar-refractivity contribution in [1.82, 2.24) is 9.38 Å². The maximum absolute atomic E-state index is 11.1. The highest BCUT2D eigenvalue weighted by atomic mass is 16.1. The van der Waals surface area contributed by atoms with E-state index < -0.39 is 5.91 Å². The first-order valence-electron chi connectivity index (χ1n) is 4.34. The molecule has 4 nitrogen and oxygen atoms in total. The molecule has 2 rings (SSSR count). The molecule has 74 valence electrons. The maximum atomic E-state index is 11.1. The minimum Gasteiger partial charge on any atom is -0.365 e. The Morgan fingerprint density at radius 3 is 2.93 bits per heavy atom. The second-order valence-electron chi connectivity index (χ2n) is 3.33. The first kappa shape index (κ1) is 8.74. The number of aromatic nitrogens is 2. The van der Waals surface area contributed by atoms with Gasteiger partial charge in [0, 0.05) is 19.0 Å². The van der Waals surface area contributed by atoms with Crippen molar-refractivity contribution in [2.45, 2.75) is 13.8 Å². The standard InChI is InChI=1S/C10H11N3O.H2/c1-6-5-7(2)13-4-3-8(9(11)14)10(13)12-6;/h3-5H,1-2H3,(H2,11,14);1H. The number of hydrogen-bond acceptors (Lipinski definition) is 2. The third-order valence-corrected chi connectivity index (χ3v) is 2.20. The van der Waals surface area contributed by atoms with Gasteiger partial charge in [0.25, 0.3) is 5.91 Å². The number of hydrogen-bond donors (Lipinski definition) is 1. The van der Waals surface area contributed by atoms with Crippen molar-refractivity contribution in [1.29, 1.82) is 0 Å². The van der Waals surface area contributed by atoms with Crippen LogP contribution in [0.2, 0.25) is 0 Å². The molecule has 0 radical (unpaired) electrons. The molecule has 0 unspecified atom stereocenters. The van der Waals surface area contributed by atoms with Gasteiger partial charge in [-0.15, -0.1) is 0 Å². The van der Waals surface area contributed by atoms with Gasteiger partial charge in [-0.1, -0.05) is 0 Å². The number of carbonyl (C=O) groups is 1. The Morgan fingerprint density at radius 2 is 2.29 bits per heavy atom. The van der Waals surface area contributed by atoms with Crippen LogP contribution in [0.15, 0.2) is 18.3 Å². The summed E-state index contributed by atoms with van der Waals surface area (Å²) in [5, 5.41) is 0. The van der Waals surface area contributed by atoms with Crippen molar-refractivity contribution in [2.24, 2.45) is 5.73 Å². The Hall–Kier alpha value is -1.84. The van der Waals surface area contributed by atoms with E-state index in [0.29, 0.717) is 11.2 Å². The van der Waals surface area contributed by atoms with E-state index in [1.165, 1.54) is 0 Å². The quantitative estimate of drug-likeness (QED) is 0.738. The Labute approximate surface area is 82.9 Å². The summed E-state index contributed by atoms with van der Waals surface area (Å²) in [6, 6.07) is 3.65. The van der Waals surface area contributed by atoms with Crippen LogP contribution in [0.25, 0.3) is 5.65 Å². The molecule has 0 saturated carbocycles. The van der Waals surface area contributed by atoms with Crippen LogP contribution >= 0.6 is 0 Å². The molecule has 2 aromatic heterocycles. The van der Waals surface area contributed by atoms with Crippen LogP contribution in [-0.4, -0.2) is 15.3 Å². The minimum absolute atomic E-state index is 0. The number of carbonyl (C=O) groups excluding carboxylic acids is 1. The summed E-state index contributed by atoms with van der Waals surface area (Å²) < 4.78 is 1.85. The predicted molar refractivity (Wildman–Crippen MR) is 55.3 cm³/mol. The zero-order chi connectivity index (χ0) is 10.3. The maximum Gasteiger partial charge on any atom is 0.252 e. The highest BCUT2D eigenvalue weighted by Gasteiger charge is 2.10. The molecule has 2 N–H and O–H groups in total. The highest BCUT2D eigenvalue weighted by Crippen LogP contribution is 2.13. The lowest BCUT2D eigenvalue weighted by molar-refractivity contribution is 0.100. The third-order valence-electron chi connectivity index (χ3n) is 2.20. The normalized spacial score (nSPS) is 10.7. The van der Waals surface area contributed by atoms with Crippen LogP contribution in [0.1, 0.15) is 23.2 Å². The molecular formula is C10H13N3O. The molecule has 1 amide bonds. The van der Waals surface area contributed by atoms with Crippen LogP contribution in [0.3, 0.4) is 0 Å². The van der Waals surface area contributed by atoms with Gasteiger partial charge >= 0.3 is 0 Å². The van der Waals surface area contributed by atoms with Gasteiger partial charge < -0.3 is 10.1 Å². The van der Waals surface area contributed by atoms with Gasteiger partial charge in [-0.3, -0.25) is 4.79 Å². The van der Waals surface area contributed by atoms with Gasteiger partial charge in [0.05, 0.1) is 5.56 Å². The van der Waals surface area contributed by atoms with Crippen molar-refractivity contribution in [3.05, 3.63) is 35.3 Å². The number of amides is 1. The molecule has 0 fully saturated rings. The van der Waals surface area contributed by atoms with E-state index in [2.05, 4.69) is 4.98 Å². The molecule has 0 bridgehead atoms. The molecule has 0 aromatic carbocycles. The second kappa shape index (κ2) is 2.83. The fraction of sp³-hybridized carbons (Fsp3) is 0.200. The topological polar surface area (TPSA) is 60.4 Å². The fourth-order valence-electron chi connectivity index (χ4n) is 1.59. The lowest BCUT2D eigenvalue weighted by atomic mass is 10.3. The molecular weight excluding hydrogens is 178 g/mol. The Morgan fingerprint density at radius 1 is 1.57 bits per heavy atom. The van der Waals surface area contributed by atoms with E-state index in [9.17, 15) is 4.79 Å². The lowest BCUT2D eigenvalue weighted by Gasteiger charge is -2.02. The van der Waals surface area contributed by atoms with Crippen molar-refractivity contribution >= 4 is 11.6 Å². The highest BCUT2D eigenvalue weighted by molar-refractivity contribution is 5.98. The summed E-state index contributed by atoms with van der Waals surface area (Å²) in [5.74, 6) is -0.440. The Balaban J connectivity index is 0.00000112. The Bertz CT molecular complexity index is 519. The first-order chi connectivity index (χ1) is 6.59. The molecule has 0 aliphatic rings. The molecule has 0 spiro atoms. The number of rotatable bonds is 1. The fourth-order valence-corrected chi connectivity index (χ4v) is 1.59. The monoisotopic (exact) mass is 191 g/mol. The zero-order valence-electron chi connectivity index (χ0n) is 8.11. The SMILES string of the molecule is Cc1cc(C)n2ccc(C(N)=O)c2n1.[HH]. The molecule has 2 heterocycles. The molecule has 0 aliphatic carbocycles. The van der Waals surface area contributed by atoms with Gasteiger partial charge in [-0.25, -0.2) is 4.98 Å². The van der Waals surface area contributed by atoms with Gasteiger partial charge in [-0.2, -0.15) is 0 Å². The molecule has 2 aromatic rings. The average molecular weight is 191 g/mol. The van der Waals surface area contributed by atoms with Crippen molar-refractivity contribution in [3.63, 3.8) is 0 Å². The van der Waals surface area contributed by atoms with E-state index in [1.54, 1.807) is 12.3 Å². The van der Waals surface area contributed by atoms with Crippen molar-refractivity contribution < 1.29 is 6.22 Å². The Kier molecular flexibility index (Phi) is 1.77. The largest absolute Gasteiger partial charge is 0.365 e. The lowest BCUT2D eigenvalue weighted by Crippen LogP contribution is -2.11. The molecule has 0 saturated heterocycles. The molecule has 14 heavy (non-hydrogen) atoms. The summed E-state index contributed by atoms with van der Waals surface area (Å²) in [5.41, 5.74) is 8.26. The number of primary amides is 1.